The Morgan fingerprint density at radius 3 is 2.29 bits per heavy atom. The first-order chi connectivity index (χ1) is 10.3. The van der Waals surface area contributed by atoms with E-state index in [1.807, 2.05) is 24.3 Å². The molecule has 0 radical (unpaired) electrons. The molecule has 1 nitrogen and oxygen atoms in total. The summed E-state index contributed by atoms with van der Waals surface area (Å²) >= 11 is 0. The van der Waals surface area contributed by atoms with E-state index in [4.69, 9.17) is 0 Å². The lowest BCUT2D eigenvalue weighted by molar-refractivity contribution is 0.165. The van der Waals surface area contributed by atoms with Gasteiger partial charge in [0.1, 0.15) is 0 Å². The van der Waals surface area contributed by atoms with Gasteiger partial charge in [0.05, 0.1) is 6.10 Å². The van der Waals surface area contributed by atoms with Gasteiger partial charge in [-0.15, -0.1) is 0 Å². The third-order valence-corrected chi connectivity index (χ3v) is 3.94. The molecule has 0 aromatic heterocycles. The molecule has 0 bridgehead atoms. The van der Waals surface area contributed by atoms with Crippen LogP contribution in [0.4, 0.5) is 0 Å². The Hall–Kier alpha value is -2.12. The molecular formula is C20H20O. The molecule has 0 aliphatic carbocycles. The van der Waals surface area contributed by atoms with E-state index in [0.717, 1.165) is 24.8 Å². The highest BCUT2D eigenvalue weighted by Crippen LogP contribution is 2.23. The highest BCUT2D eigenvalue weighted by atomic mass is 16.3. The largest absolute Gasteiger partial charge is 0.388 e. The SMILES string of the molecule is OC(CCCc1ccccc1)c1ccc2ccccc2c1. The van der Waals surface area contributed by atoms with E-state index in [2.05, 4.69) is 48.5 Å². The van der Waals surface area contributed by atoms with Crippen molar-refractivity contribution in [1.29, 1.82) is 0 Å². The van der Waals surface area contributed by atoms with Crippen molar-refractivity contribution in [2.24, 2.45) is 0 Å². The van der Waals surface area contributed by atoms with Crippen molar-refractivity contribution in [3.8, 4) is 0 Å². The van der Waals surface area contributed by atoms with E-state index in [1.54, 1.807) is 0 Å². The number of rotatable bonds is 5. The highest BCUT2D eigenvalue weighted by molar-refractivity contribution is 5.83. The fraction of sp³-hybridized carbons (Fsp3) is 0.200. The molecule has 0 saturated carbocycles. The summed E-state index contributed by atoms with van der Waals surface area (Å²) in [4.78, 5) is 0. The monoisotopic (exact) mass is 276 g/mol. The summed E-state index contributed by atoms with van der Waals surface area (Å²) in [5.74, 6) is 0. The Kier molecular flexibility index (Phi) is 4.32. The summed E-state index contributed by atoms with van der Waals surface area (Å²) in [5.41, 5.74) is 2.35. The summed E-state index contributed by atoms with van der Waals surface area (Å²) in [6.45, 7) is 0. The molecule has 106 valence electrons. The van der Waals surface area contributed by atoms with Crippen molar-refractivity contribution in [2.75, 3.05) is 0 Å². The molecule has 0 amide bonds. The molecule has 0 aliphatic rings. The van der Waals surface area contributed by atoms with Crippen LogP contribution in [-0.2, 0) is 6.42 Å². The van der Waals surface area contributed by atoms with Gasteiger partial charge in [-0.3, -0.25) is 0 Å². The van der Waals surface area contributed by atoms with E-state index in [1.165, 1.54) is 16.3 Å². The van der Waals surface area contributed by atoms with Crippen LogP contribution in [0.1, 0.15) is 30.1 Å². The first-order valence-electron chi connectivity index (χ1n) is 7.53. The van der Waals surface area contributed by atoms with Crippen LogP contribution in [0.2, 0.25) is 0 Å². The lowest BCUT2D eigenvalue weighted by Gasteiger charge is -2.12. The van der Waals surface area contributed by atoms with Gasteiger partial charge in [-0.25, -0.2) is 0 Å². The normalized spacial score (nSPS) is 12.4. The second-order valence-electron chi connectivity index (χ2n) is 5.50. The molecule has 3 aromatic rings. The molecule has 1 atom stereocenters. The van der Waals surface area contributed by atoms with Gasteiger partial charge in [0, 0.05) is 0 Å². The van der Waals surface area contributed by atoms with E-state index >= 15 is 0 Å². The van der Waals surface area contributed by atoms with Crippen LogP contribution in [0.5, 0.6) is 0 Å². The summed E-state index contributed by atoms with van der Waals surface area (Å²) in [5, 5.41) is 12.8. The minimum absolute atomic E-state index is 0.377. The third-order valence-electron chi connectivity index (χ3n) is 3.94. The lowest BCUT2D eigenvalue weighted by Crippen LogP contribution is -1.98. The van der Waals surface area contributed by atoms with Gasteiger partial charge in [0.2, 0.25) is 0 Å². The molecule has 3 rings (SSSR count). The van der Waals surface area contributed by atoms with Crippen LogP contribution in [0, 0.1) is 0 Å². The zero-order chi connectivity index (χ0) is 14.5. The number of benzene rings is 3. The van der Waals surface area contributed by atoms with Crippen molar-refractivity contribution in [2.45, 2.75) is 25.4 Å². The van der Waals surface area contributed by atoms with Crippen molar-refractivity contribution >= 4 is 10.8 Å². The first kappa shape index (κ1) is 13.8. The molecule has 0 heterocycles. The minimum atomic E-state index is -0.377. The fourth-order valence-electron chi connectivity index (χ4n) is 2.73. The Morgan fingerprint density at radius 2 is 1.48 bits per heavy atom. The quantitative estimate of drug-likeness (QED) is 0.703. The van der Waals surface area contributed by atoms with Gasteiger partial charge in [0.25, 0.3) is 0 Å². The molecule has 3 aromatic carbocycles. The van der Waals surface area contributed by atoms with Gasteiger partial charge in [0.15, 0.2) is 0 Å². The average molecular weight is 276 g/mol. The minimum Gasteiger partial charge on any atom is -0.388 e. The topological polar surface area (TPSA) is 20.2 Å². The van der Waals surface area contributed by atoms with Gasteiger partial charge in [-0.1, -0.05) is 66.7 Å². The van der Waals surface area contributed by atoms with Crippen molar-refractivity contribution < 1.29 is 5.11 Å². The summed E-state index contributed by atoms with van der Waals surface area (Å²) < 4.78 is 0. The maximum atomic E-state index is 10.4. The Morgan fingerprint density at radius 1 is 0.762 bits per heavy atom. The van der Waals surface area contributed by atoms with Crippen molar-refractivity contribution in [3.05, 3.63) is 83.9 Å². The average Bonchev–Trinajstić information content (AvgIpc) is 2.55. The zero-order valence-corrected chi connectivity index (χ0v) is 12.1. The number of hydrogen-bond acceptors (Lipinski definition) is 1. The highest BCUT2D eigenvalue weighted by Gasteiger charge is 2.08. The number of aryl methyl sites for hydroxylation is 1. The molecule has 21 heavy (non-hydrogen) atoms. The Labute approximate surface area is 125 Å². The lowest BCUT2D eigenvalue weighted by atomic mass is 9.99. The van der Waals surface area contributed by atoms with E-state index in [-0.39, 0.29) is 6.10 Å². The zero-order valence-electron chi connectivity index (χ0n) is 12.1. The van der Waals surface area contributed by atoms with Crippen LogP contribution in [0.25, 0.3) is 10.8 Å². The maximum Gasteiger partial charge on any atom is 0.0790 e. The molecule has 0 spiro atoms. The molecule has 1 N–H and O–H groups in total. The number of hydrogen-bond donors (Lipinski definition) is 1. The molecule has 0 fully saturated rings. The van der Waals surface area contributed by atoms with E-state index in [9.17, 15) is 5.11 Å². The van der Waals surface area contributed by atoms with E-state index < -0.39 is 0 Å². The van der Waals surface area contributed by atoms with Crippen LogP contribution in [0.15, 0.2) is 72.8 Å². The molecule has 1 unspecified atom stereocenters. The fourth-order valence-corrected chi connectivity index (χ4v) is 2.73. The molecule has 0 aliphatic heterocycles. The third kappa shape index (κ3) is 3.50. The Balaban J connectivity index is 1.62. The van der Waals surface area contributed by atoms with Gasteiger partial charge >= 0.3 is 0 Å². The smallest absolute Gasteiger partial charge is 0.0790 e. The van der Waals surface area contributed by atoms with Gasteiger partial charge < -0.3 is 5.11 Å². The molecular weight excluding hydrogens is 256 g/mol. The predicted octanol–water partition coefficient (Wildman–Crippen LogP) is 4.90. The van der Waals surface area contributed by atoms with Crippen LogP contribution < -0.4 is 0 Å². The maximum absolute atomic E-state index is 10.4. The van der Waals surface area contributed by atoms with E-state index in [0.29, 0.717) is 0 Å². The summed E-state index contributed by atoms with van der Waals surface area (Å²) in [6, 6.07) is 24.9. The standard InChI is InChI=1S/C20H20O/c21-20(12-6-9-16-7-2-1-3-8-16)19-14-13-17-10-4-5-11-18(17)15-19/h1-5,7-8,10-11,13-15,20-21H,6,9,12H2. The number of aliphatic hydroxyl groups is 1. The van der Waals surface area contributed by atoms with Crippen molar-refractivity contribution in [3.63, 3.8) is 0 Å². The molecule has 0 saturated heterocycles. The van der Waals surface area contributed by atoms with Gasteiger partial charge in [-0.05, 0) is 47.2 Å². The van der Waals surface area contributed by atoms with Crippen LogP contribution in [-0.4, -0.2) is 5.11 Å². The van der Waals surface area contributed by atoms with Crippen molar-refractivity contribution in [1.82, 2.24) is 0 Å². The Bertz CT molecular complexity index is 703. The first-order valence-corrected chi connectivity index (χ1v) is 7.53. The summed E-state index contributed by atoms with van der Waals surface area (Å²) in [6.07, 6.45) is 2.44. The number of fused-ring (bicyclic) bond motifs is 1. The number of aliphatic hydroxyl groups excluding tert-OH is 1. The predicted molar refractivity (Wildman–Crippen MR) is 88.3 cm³/mol. The van der Waals surface area contributed by atoms with Gasteiger partial charge in [-0.2, -0.15) is 0 Å². The second kappa shape index (κ2) is 6.55. The molecule has 1 heteroatoms. The summed E-state index contributed by atoms with van der Waals surface area (Å²) in [7, 11) is 0. The second-order valence-corrected chi connectivity index (χ2v) is 5.50. The van der Waals surface area contributed by atoms with Crippen LogP contribution >= 0.6 is 0 Å². The van der Waals surface area contributed by atoms with Crippen LogP contribution in [0.3, 0.4) is 0 Å².